The minimum absolute atomic E-state index is 0.385. The van der Waals surface area contributed by atoms with Gasteiger partial charge in [0.25, 0.3) is 0 Å². The van der Waals surface area contributed by atoms with Crippen LogP contribution in [0.4, 0.5) is 4.79 Å². The van der Waals surface area contributed by atoms with E-state index in [9.17, 15) is 9.90 Å². The van der Waals surface area contributed by atoms with E-state index in [-0.39, 0.29) is 0 Å². The van der Waals surface area contributed by atoms with Gasteiger partial charge in [-0.2, -0.15) is 0 Å². The Labute approximate surface area is 173 Å². The lowest BCUT2D eigenvalue weighted by atomic mass is 9.76. The summed E-state index contributed by atoms with van der Waals surface area (Å²) < 4.78 is 5.67. The summed E-state index contributed by atoms with van der Waals surface area (Å²) in [5.74, 6) is 0. The van der Waals surface area contributed by atoms with Gasteiger partial charge in [-0.1, -0.05) is 67.2 Å². The minimum atomic E-state index is -1.12. The second-order valence-corrected chi connectivity index (χ2v) is 8.84. The zero-order chi connectivity index (χ0) is 21.1. The fraction of sp³-hybridized carbons (Fsp3) is 0.400. The molecule has 3 rings (SSSR count). The smallest absolute Gasteiger partial charge is 0.410 e. The van der Waals surface area contributed by atoms with Gasteiger partial charge in [0.15, 0.2) is 0 Å². The first-order valence-electron chi connectivity index (χ1n) is 10.2. The largest absolute Gasteiger partial charge is 0.444 e. The standard InChI is InChI=1S/C25H31NO3/c1-19(20-12-7-5-8-13-20)18-25(28)16-11-17-26(23(27)29-24(2,3)4)22(25)21-14-9-6-10-15-21/h5-10,12-15,22,28H,1,11,16-18H2,2-4H3/t22-,25+/m0/s1. The van der Waals surface area contributed by atoms with Crippen molar-refractivity contribution in [3.63, 3.8) is 0 Å². The third kappa shape index (κ3) is 5.07. The average Bonchev–Trinajstić information content (AvgIpc) is 2.67. The van der Waals surface area contributed by atoms with E-state index < -0.39 is 23.3 Å². The van der Waals surface area contributed by atoms with Crippen molar-refractivity contribution in [1.82, 2.24) is 4.90 Å². The fourth-order valence-corrected chi connectivity index (χ4v) is 4.08. The predicted molar refractivity (Wildman–Crippen MR) is 116 cm³/mol. The molecule has 0 radical (unpaired) electrons. The van der Waals surface area contributed by atoms with Gasteiger partial charge in [-0.05, 0) is 50.3 Å². The lowest BCUT2D eigenvalue weighted by molar-refractivity contribution is -0.0828. The van der Waals surface area contributed by atoms with Gasteiger partial charge in [0.1, 0.15) is 5.60 Å². The summed E-state index contributed by atoms with van der Waals surface area (Å²) in [7, 11) is 0. The molecule has 0 aromatic heterocycles. The first kappa shape index (κ1) is 21.1. The van der Waals surface area contributed by atoms with Crippen molar-refractivity contribution in [1.29, 1.82) is 0 Å². The molecule has 1 heterocycles. The maximum Gasteiger partial charge on any atom is 0.410 e. The van der Waals surface area contributed by atoms with Crippen LogP contribution in [0.15, 0.2) is 67.2 Å². The zero-order valence-corrected chi connectivity index (χ0v) is 17.6. The molecule has 1 fully saturated rings. The van der Waals surface area contributed by atoms with Gasteiger partial charge in [0.2, 0.25) is 0 Å². The molecule has 1 amide bonds. The molecule has 0 bridgehead atoms. The Morgan fingerprint density at radius 3 is 2.31 bits per heavy atom. The molecule has 4 heteroatoms. The highest BCUT2D eigenvalue weighted by molar-refractivity contribution is 5.70. The number of ether oxygens (including phenoxy) is 1. The molecular formula is C25H31NO3. The van der Waals surface area contributed by atoms with E-state index in [0.29, 0.717) is 25.8 Å². The van der Waals surface area contributed by atoms with Crippen molar-refractivity contribution in [2.75, 3.05) is 6.54 Å². The Bertz CT molecular complexity index is 841. The molecule has 1 saturated heterocycles. The van der Waals surface area contributed by atoms with Crippen LogP contribution in [0, 0.1) is 0 Å². The van der Waals surface area contributed by atoms with Crippen molar-refractivity contribution in [3.8, 4) is 0 Å². The van der Waals surface area contributed by atoms with E-state index in [4.69, 9.17) is 4.74 Å². The molecule has 2 aromatic carbocycles. The first-order chi connectivity index (χ1) is 13.7. The van der Waals surface area contributed by atoms with Crippen molar-refractivity contribution in [2.45, 2.75) is 57.3 Å². The van der Waals surface area contributed by atoms with Crippen LogP contribution in [-0.2, 0) is 4.74 Å². The van der Waals surface area contributed by atoms with E-state index in [1.165, 1.54) is 0 Å². The number of amides is 1. The van der Waals surface area contributed by atoms with Crippen molar-refractivity contribution in [3.05, 3.63) is 78.4 Å². The maximum absolute atomic E-state index is 13.0. The number of aliphatic hydroxyl groups is 1. The monoisotopic (exact) mass is 393 g/mol. The average molecular weight is 394 g/mol. The van der Waals surface area contributed by atoms with Crippen molar-refractivity contribution < 1.29 is 14.6 Å². The summed E-state index contributed by atoms with van der Waals surface area (Å²) in [4.78, 5) is 14.7. The van der Waals surface area contributed by atoms with Crippen LogP contribution in [0.2, 0.25) is 0 Å². The van der Waals surface area contributed by atoms with Crippen LogP contribution < -0.4 is 0 Å². The quantitative estimate of drug-likeness (QED) is 0.736. The van der Waals surface area contributed by atoms with Crippen LogP contribution in [0.1, 0.15) is 57.2 Å². The Morgan fingerprint density at radius 2 is 1.72 bits per heavy atom. The molecule has 1 aliphatic heterocycles. The van der Waals surface area contributed by atoms with E-state index in [2.05, 4.69) is 6.58 Å². The summed E-state index contributed by atoms with van der Waals surface area (Å²) in [5.41, 5.74) is 1.05. The first-order valence-corrected chi connectivity index (χ1v) is 10.2. The van der Waals surface area contributed by atoms with Gasteiger partial charge >= 0.3 is 6.09 Å². The Kier molecular flexibility index (Phi) is 6.13. The third-order valence-corrected chi connectivity index (χ3v) is 5.27. The Balaban J connectivity index is 1.95. The Hall–Kier alpha value is -2.59. The molecule has 0 saturated carbocycles. The van der Waals surface area contributed by atoms with Crippen LogP contribution in [0.5, 0.6) is 0 Å². The van der Waals surface area contributed by atoms with Crippen LogP contribution in [0.3, 0.4) is 0 Å². The normalized spacial score (nSPS) is 22.2. The summed E-state index contributed by atoms with van der Waals surface area (Å²) >= 11 is 0. The lowest BCUT2D eigenvalue weighted by Crippen LogP contribution is -2.53. The second kappa shape index (κ2) is 8.42. The van der Waals surface area contributed by atoms with Crippen molar-refractivity contribution >= 4 is 11.7 Å². The number of carbonyl (C=O) groups is 1. The number of piperidine rings is 1. The van der Waals surface area contributed by atoms with E-state index in [1.54, 1.807) is 4.90 Å². The fourth-order valence-electron chi connectivity index (χ4n) is 4.08. The highest BCUT2D eigenvalue weighted by Crippen LogP contribution is 2.44. The van der Waals surface area contributed by atoms with E-state index >= 15 is 0 Å². The van der Waals surface area contributed by atoms with Gasteiger partial charge in [0.05, 0.1) is 11.6 Å². The summed E-state index contributed by atoms with van der Waals surface area (Å²) in [5, 5.41) is 11.8. The highest BCUT2D eigenvalue weighted by atomic mass is 16.6. The number of hydrogen-bond acceptors (Lipinski definition) is 3. The summed E-state index contributed by atoms with van der Waals surface area (Å²) in [6.07, 6.45) is 1.30. The molecule has 0 unspecified atom stereocenters. The van der Waals surface area contributed by atoms with E-state index in [0.717, 1.165) is 16.7 Å². The van der Waals surface area contributed by atoms with Gasteiger partial charge in [-0.15, -0.1) is 0 Å². The molecule has 154 valence electrons. The summed E-state index contributed by atoms with van der Waals surface area (Å²) in [6, 6.07) is 19.1. The molecular weight excluding hydrogens is 362 g/mol. The molecule has 4 nitrogen and oxygen atoms in total. The van der Waals surface area contributed by atoms with E-state index in [1.807, 2.05) is 81.4 Å². The number of hydrogen-bond donors (Lipinski definition) is 1. The van der Waals surface area contributed by atoms with Crippen LogP contribution >= 0.6 is 0 Å². The van der Waals surface area contributed by atoms with Gasteiger partial charge in [0, 0.05) is 13.0 Å². The number of benzene rings is 2. The number of carbonyl (C=O) groups excluding carboxylic acids is 1. The molecule has 2 aromatic rings. The molecule has 1 aliphatic rings. The van der Waals surface area contributed by atoms with Gasteiger partial charge in [-0.3, -0.25) is 4.90 Å². The van der Waals surface area contributed by atoms with Crippen LogP contribution in [0.25, 0.3) is 5.57 Å². The molecule has 0 aliphatic carbocycles. The SMILES string of the molecule is C=C(C[C@]1(O)CCCN(C(=O)OC(C)(C)C)[C@H]1c1ccccc1)c1ccccc1. The minimum Gasteiger partial charge on any atom is -0.444 e. The maximum atomic E-state index is 13.0. The van der Waals surface area contributed by atoms with Gasteiger partial charge < -0.3 is 9.84 Å². The second-order valence-electron chi connectivity index (χ2n) is 8.84. The molecule has 1 N–H and O–H groups in total. The lowest BCUT2D eigenvalue weighted by Gasteiger charge is -2.47. The zero-order valence-electron chi connectivity index (χ0n) is 17.6. The molecule has 29 heavy (non-hydrogen) atoms. The topological polar surface area (TPSA) is 49.8 Å². The molecule has 2 atom stereocenters. The van der Waals surface area contributed by atoms with Crippen LogP contribution in [-0.4, -0.2) is 33.8 Å². The molecule has 0 spiro atoms. The van der Waals surface area contributed by atoms with Crippen molar-refractivity contribution in [2.24, 2.45) is 0 Å². The Morgan fingerprint density at radius 1 is 1.14 bits per heavy atom. The highest BCUT2D eigenvalue weighted by Gasteiger charge is 2.47. The number of rotatable bonds is 4. The number of likely N-dealkylation sites (tertiary alicyclic amines) is 1. The third-order valence-electron chi connectivity index (χ3n) is 5.27. The van der Waals surface area contributed by atoms with Gasteiger partial charge in [-0.25, -0.2) is 4.79 Å². The predicted octanol–water partition coefficient (Wildman–Crippen LogP) is 5.59. The summed E-state index contributed by atoms with van der Waals surface area (Å²) in [6.45, 7) is 10.3. The number of nitrogens with zero attached hydrogens (tertiary/aromatic N) is 1.